The fourth-order valence-corrected chi connectivity index (χ4v) is 4.41. The van der Waals surface area contributed by atoms with Crippen molar-refractivity contribution in [1.29, 1.82) is 0 Å². The molecule has 4 N–H and O–H groups in total. The van der Waals surface area contributed by atoms with Gasteiger partial charge in [-0.15, -0.1) is 0 Å². The molecule has 1 amide bonds. The number of nitrogens with one attached hydrogen (secondary N) is 3. The molecule has 1 aromatic carbocycles. The van der Waals surface area contributed by atoms with E-state index in [0.29, 0.717) is 34.8 Å². The molecule has 0 aliphatic carbocycles. The van der Waals surface area contributed by atoms with E-state index >= 15 is 0 Å². The Morgan fingerprint density at radius 2 is 2.00 bits per heavy atom. The van der Waals surface area contributed by atoms with Crippen LogP contribution < -0.4 is 16.0 Å². The highest BCUT2D eigenvalue weighted by Gasteiger charge is 2.38. The lowest BCUT2D eigenvalue weighted by Crippen LogP contribution is -2.48. The summed E-state index contributed by atoms with van der Waals surface area (Å²) in [5.41, 5.74) is 0.548. The number of nitrogens with zero attached hydrogens (tertiary/aromatic N) is 5. The zero-order valence-electron chi connectivity index (χ0n) is 22.2. The van der Waals surface area contributed by atoms with Gasteiger partial charge in [-0.05, 0) is 30.2 Å². The monoisotopic (exact) mass is 594 g/mol. The van der Waals surface area contributed by atoms with E-state index in [0.717, 1.165) is 24.8 Å². The van der Waals surface area contributed by atoms with E-state index in [4.69, 9.17) is 9.90 Å². The number of anilines is 2. The maximum Gasteiger partial charge on any atom is 0.435 e. The van der Waals surface area contributed by atoms with Gasteiger partial charge in [0.15, 0.2) is 17.2 Å². The van der Waals surface area contributed by atoms with Crippen LogP contribution >= 0.6 is 0 Å². The Labute approximate surface area is 235 Å². The van der Waals surface area contributed by atoms with Gasteiger partial charge in [-0.2, -0.15) is 18.3 Å². The van der Waals surface area contributed by atoms with Gasteiger partial charge in [0.05, 0.1) is 17.5 Å². The van der Waals surface area contributed by atoms with Gasteiger partial charge in [-0.3, -0.25) is 18.7 Å². The van der Waals surface area contributed by atoms with Crippen LogP contribution in [-0.2, 0) is 23.9 Å². The average Bonchev–Trinajstić information content (AvgIpc) is 3.52. The SMILES string of the molecule is CCc1cc(Nc2nccn3c(-c4cn(CC(F)F)nc4C(F)(F)F)cnc23)ccc1C(=O)NCC1CNC1.O=CO. The molecule has 1 fully saturated rings. The molecular weight excluding hydrogens is 567 g/mol. The number of benzene rings is 1. The molecule has 11 nitrogen and oxygen atoms in total. The number of amides is 1. The quantitative estimate of drug-likeness (QED) is 0.170. The highest BCUT2D eigenvalue weighted by molar-refractivity contribution is 5.96. The van der Waals surface area contributed by atoms with Crippen molar-refractivity contribution in [1.82, 2.24) is 34.8 Å². The summed E-state index contributed by atoms with van der Waals surface area (Å²) >= 11 is 0. The third kappa shape index (κ3) is 6.82. The standard InChI is InChI=1S/C25H25F5N8O.CH2O2/c1-2-15-7-16(3-4-17(15)24(39)34-10-14-8-31-9-14)35-22-23-33-11-19(38(23)6-5-32-22)18-12-37(13-20(26)27)36-21(18)25(28,29)30;2-1-3/h3-7,11-12,14,20,31H,2,8-10,13H2,1H3,(H,32,35)(H,34,39);1H,(H,2,3). The molecule has 42 heavy (non-hydrogen) atoms. The van der Waals surface area contributed by atoms with E-state index in [1.807, 2.05) is 13.0 Å². The van der Waals surface area contributed by atoms with Crippen LogP contribution in [0.15, 0.2) is 43.0 Å². The predicted octanol–water partition coefficient (Wildman–Crippen LogP) is 3.83. The highest BCUT2D eigenvalue weighted by Crippen LogP contribution is 2.37. The van der Waals surface area contributed by atoms with E-state index < -0.39 is 24.8 Å². The summed E-state index contributed by atoms with van der Waals surface area (Å²) in [7, 11) is 0. The number of aryl methyl sites for hydroxylation is 1. The number of halogens is 5. The lowest BCUT2D eigenvalue weighted by atomic mass is 10.0. The molecule has 4 aromatic rings. The zero-order chi connectivity index (χ0) is 30.4. The minimum absolute atomic E-state index is 0.0196. The molecule has 3 aromatic heterocycles. The smallest absolute Gasteiger partial charge is 0.435 e. The summed E-state index contributed by atoms with van der Waals surface area (Å²) < 4.78 is 68.6. The van der Waals surface area contributed by atoms with Crippen molar-refractivity contribution < 1.29 is 36.6 Å². The van der Waals surface area contributed by atoms with Crippen molar-refractivity contribution in [3.63, 3.8) is 0 Å². The second kappa shape index (κ2) is 12.9. The van der Waals surface area contributed by atoms with E-state index in [2.05, 4.69) is 31.0 Å². The number of imidazole rings is 1. The van der Waals surface area contributed by atoms with Crippen molar-refractivity contribution >= 4 is 29.5 Å². The van der Waals surface area contributed by atoms with Gasteiger partial charge >= 0.3 is 6.18 Å². The zero-order valence-corrected chi connectivity index (χ0v) is 22.2. The number of fused-ring (bicyclic) bond motifs is 1. The van der Waals surface area contributed by atoms with Gasteiger partial charge in [0.1, 0.15) is 6.54 Å². The lowest BCUT2D eigenvalue weighted by Gasteiger charge is -2.27. The van der Waals surface area contributed by atoms with Gasteiger partial charge in [-0.1, -0.05) is 6.92 Å². The lowest BCUT2D eigenvalue weighted by molar-refractivity contribution is -0.141. The molecule has 4 heterocycles. The van der Waals surface area contributed by atoms with Crippen LogP contribution in [0.4, 0.5) is 33.5 Å². The number of alkyl halides is 5. The Morgan fingerprint density at radius 1 is 1.26 bits per heavy atom. The predicted molar refractivity (Wildman–Crippen MR) is 142 cm³/mol. The van der Waals surface area contributed by atoms with Crippen LogP contribution in [0.5, 0.6) is 0 Å². The molecule has 0 saturated carbocycles. The van der Waals surface area contributed by atoms with Gasteiger partial charge in [0.25, 0.3) is 18.8 Å². The minimum Gasteiger partial charge on any atom is -0.483 e. The van der Waals surface area contributed by atoms with Crippen LogP contribution in [0.1, 0.15) is 28.5 Å². The minimum atomic E-state index is -4.86. The summed E-state index contributed by atoms with van der Waals surface area (Å²) in [6.45, 7) is 3.07. The molecule has 1 aliphatic heterocycles. The first-order valence-corrected chi connectivity index (χ1v) is 12.8. The van der Waals surface area contributed by atoms with Crippen molar-refractivity contribution in [3.05, 3.63) is 59.8 Å². The fourth-order valence-electron chi connectivity index (χ4n) is 4.41. The molecule has 0 atom stereocenters. The third-order valence-corrected chi connectivity index (χ3v) is 6.47. The highest BCUT2D eigenvalue weighted by atomic mass is 19.4. The first-order valence-electron chi connectivity index (χ1n) is 12.8. The van der Waals surface area contributed by atoms with E-state index in [-0.39, 0.29) is 35.1 Å². The third-order valence-electron chi connectivity index (χ3n) is 6.47. The van der Waals surface area contributed by atoms with E-state index in [9.17, 15) is 26.7 Å². The normalized spacial score (nSPS) is 13.4. The molecule has 0 bridgehead atoms. The van der Waals surface area contributed by atoms with E-state index in [1.165, 1.54) is 23.0 Å². The summed E-state index contributed by atoms with van der Waals surface area (Å²) in [6, 6.07) is 5.23. The number of hydrogen-bond acceptors (Lipinski definition) is 7. The molecule has 0 radical (unpaired) electrons. The van der Waals surface area contributed by atoms with Gasteiger partial charge in [0, 0.05) is 55.4 Å². The Balaban J connectivity index is 0.00000129. The first-order chi connectivity index (χ1) is 20.0. The maximum atomic E-state index is 13.7. The van der Waals surface area contributed by atoms with Crippen molar-refractivity contribution in [2.45, 2.75) is 32.5 Å². The summed E-state index contributed by atoms with van der Waals surface area (Å²) in [5.74, 6) is 0.530. The first kappa shape index (κ1) is 30.4. The largest absolute Gasteiger partial charge is 0.483 e. The Morgan fingerprint density at radius 3 is 2.62 bits per heavy atom. The van der Waals surface area contributed by atoms with Crippen LogP contribution in [0.2, 0.25) is 0 Å². The van der Waals surface area contributed by atoms with Crippen molar-refractivity contribution in [2.75, 3.05) is 25.0 Å². The number of carbonyl (C=O) groups excluding carboxylic acids is 1. The molecule has 224 valence electrons. The Hall–Kier alpha value is -4.60. The average molecular weight is 595 g/mol. The number of rotatable bonds is 9. The topological polar surface area (TPSA) is 138 Å². The summed E-state index contributed by atoms with van der Waals surface area (Å²) in [5, 5.41) is 19.5. The maximum absolute atomic E-state index is 13.7. The summed E-state index contributed by atoms with van der Waals surface area (Å²) in [6.07, 6.45) is -2.18. The second-order valence-electron chi connectivity index (χ2n) is 9.31. The fraction of sp³-hybridized carbons (Fsp3) is 0.346. The van der Waals surface area contributed by atoms with Crippen LogP contribution in [-0.4, -0.2) is 67.7 Å². The molecular formula is C26H27F5N8O3. The molecule has 0 spiro atoms. The Bertz CT molecular complexity index is 1550. The molecule has 1 aliphatic rings. The van der Waals surface area contributed by atoms with Crippen molar-refractivity contribution in [2.24, 2.45) is 5.92 Å². The number of carboxylic acid groups (broad SMARTS) is 1. The molecule has 0 unspecified atom stereocenters. The molecule has 16 heteroatoms. The van der Waals surface area contributed by atoms with E-state index in [1.54, 1.807) is 12.1 Å². The summed E-state index contributed by atoms with van der Waals surface area (Å²) in [4.78, 5) is 29.6. The van der Waals surface area contributed by atoms with Crippen LogP contribution in [0.25, 0.3) is 16.9 Å². The number of carbonyl (C=O) groups is 2. The van der Waals surface area contributed by atoms with Gasteiger partial charge < -0.3 is 21.1 Å². The number of hydrogen-bond donors (Lipinski definition) is 4. The number of aromatic nitrogens is 5. The van der Waals surface area contributed by atoms with Crippen molar-refractivity contribution in [3.8, 4) is 11.3 Å². The van der Waals surface area contributed by atoms with Gasteiger partial charge in [0.2, 0.25) is 0 Å². The second-order valence-corrected chi connectivity index (χ2v) is 9.31. The molecule has 5 rings (SSSR count). The molecule has 1 saturated heterocycles. The Kier molecular flexibility index (Phi) is 9.35. The van der Waals surface area contributed by atoms with Crippen LogP contribution in [0, 0.1) is 5.92 Å². The van der Waals surface area contributed by atoms with Crippen LogP contribution in [0.3, 0.4) is 0 Å². The van der Waals surface area contributed by atoms with Gasteiger partial charge in [-0.25, -0.2) is 18.7 Å².